The molecule has 0 spiro atoms. The Morgan fingerprint density at radius 1 is 1.42 bits per heavy atom. The van der Waals surface area contributed by atoms with Crippen LogP contribution in [0.4, 0.5) is 0 Å². The fourth-order valence-electron chi connectivity index (χ4n) is 1.04. The maximum Gasteiger partial charge on any atom is 0.122 e. The standard InChI is InChI=1S/C10H12OS/c1-7-4-5-9(8(2)12)6-10(7)11-3/h4-6H,1-3H3. The van der Waals surface area contributed by atoms with Crippen molar-refractivity contribution in [2.24, 2.45) is 0 Å². The summed E-state index contributed by atoms with van der Waals surface area (Å²) in [6, 6.07) is 6.00. The van der Waals surface area contributed by atoms with Crippen LogP contribution < -0.4 is 4.74 Å². The van der Waals surface area contributed by atoms with Crippen LogP contribution in [0.15, 0.2) is 18.2 Å². The molecule has 64 valence electrons. The van der Waals surface area contributed by atoms with Crippen molar-refractivity contribution < 1.29 is 4.74 Å². The molecule has 0 atom stereocenters. The SMILES string of the molecule is COc1cc(C(C)=S)ccc1C. The van der Waals surface area contributed by atoms with Crippen molar-refractivity contribution in [1.29, 1.82) is 0 Å². The highest BCUT2D eigenvalue weighted by atomic mass is 32.1. The van der Waals surface area contributed by atoms with E-state index in [1.807, 2.05) is 32.0 Å². The van der Waals surface area contributed by atoms with E-state index in [0.717, 1.165) is 21.7 Å². The Morgan fingerprint density at radius 3 is 2.58 bits per heavy atom. The summed E-state index contributed by atoms with van der Waals surface area (Å²) < 4.78 is 5.18. The van der Waals surface area contributed by atoms with Gasteiger partial charge in [0.15, 0.2) is 0 Å². The van der Waals surface area contributed by atoms with Crippen LogP contribution in [0.5, 0.6) is 5.75 Å². The molecule has 0 saturated heterocycles. The van der Waals surface area contributed by atoms with Crippen LogP contribution in [0.3, 0.4) is 0 Å². The molecule has 0 heterocycles. The van der Waals surface area contributed by atoms with Gasteiger partial charge in [0, 0.05) is 4.86 Å². The molecule has 0 fully saturated rings. The first-order valence-electron chi connectivity index (χ1n) is 3.80. The minimum absolute atomic E-state index is 0.897. The fourth-order valence-corrected chi connectivity index (χ4v) is 1.17. The molecule has 1 nitrogen and oxygen atoms in total. The number of methoxy groups -OCH3 is 1. The Balaban J connectivity index is 3.13. The van der Waals surface area contributed by atoms with Gasteiger partial charge in [-0.2, -0.15) is 0 Å². The number of hydrogen-bond acceptors (Lipinski definition) is 2. The molecule has 0 aliphatic heterocycles. The topological polar surface area (TPSA) is 9.23 Å². The van der Waals surface area contributed by atoms with Gasteiger partial charge in [-0.1, -0.05) is 24.4 Å². The third-order valence-corrected chi connectivity index (χ3v) is 2.05. The van der Waals surface area contributed by atoms with Crippen molar-refractivity contribution in [3.8, 4) is 5.75 Å². The number of thiocarbonyl (C=S) groups is 1. The summed E-state index contributed by atoms with van der Waals surface area (Å²) in [5.74, 6) is 0.900. The molecule has 1 aromatic rings. The van der Waals surface area contributed by atoms with Crippen LogP contribution in [-0.2, 0) is 0 Å². The predicted molar refractivity (Wildman–Crippen MR) is 55.1 cm³/mol. The lowest BCUT2D eigenvalue weighted by Crippen LogP contribution is -1.93. The lowest BCUT2D eigenvalue weighted by atomic mass is 10.1. The van der Waals surface area contributed by atoms with Crippen molar-refractivity contribution in [2.45, 2.75) is 13.8 Å². The first-order valence-corrected chi connectivity index (χ1v) is 4.21. The van der Waals surface area contributed by atoms with Crippen LogP contribution in [0.2, 0.25) is 0 Å². The van der Waals surface area contributed by atoms with Gasteiger partial charge in [-0.15, -0.1) is 0 Å². The van der Waals surface area contributed by atoms with Gasteiger partial charge in [-0.25, -0.2) is 0 Å². The normalized spacial score (nSPS) is 9.58. The Labute approximate surface area is 78.4 Å². The molecular formula is C10H12OS. The maximum absolute atomic E-state index is 5.18. The average molecular weight is 180 g/mol. The molecular weight excluding hydrogens is 168 g/mol. The zero-order valence-electron chi connectivity index (χ0n) is 7.55. The average Bonchev–Trinajstić information content (AvgIpc) is 2.05. The lowest BCUT2D eigenvalue weighted by Gasteiger charge is -2.05. The second-order valence-electron chi connectivity index (χ2n) is 2.74. The molecule has 0 aliphatic rings. The summed E-state index contributed by atoms with van der Waals surface area (Å²) in [5, 5.41) is 0. The van der Waals surface area contributed by atoms with E-state index in [9.17, 15) is 0 Å². The van der Waals surface area contributed by atoms with Crippen LogP contribution >= 0.6 is 12.2 Å². The molecule has 0 N–H and O–H groups in total. The van der Waals surface area contributed by atoms with Gasteiger partial charge >= 0.3 is 0 Å². The third-order valence-electron chi connectivity index (χ3n) is 1.81. The molecule has 0 radical (unpaired) electrons. The van der Waals surface area contributed by atoms with Gasteiger partial charge < -0.3 is 4.74 Å². The fraction of sp³-hybridized carbons (Fsp3) is 0.300. The molecule has 1 rings (SSSR count). The number of hydrogen-bond donors (Lipinski definition) is 0. The smallest absolute Gasteiger partial charge is 0.122 e. The highest BCUT2D eigenvalue weighted by Crippen LogP contribution is 2.19. The summed E-state index contributed by atoms with van der Waals surface area (Å²) in [4.78, 5) is 0.897. The summed E-state index contributed by atoms with van der Waals surface area (Å²) in [6.07, 6.45) is 0. The molecule has 0 unspecified atom stereocenters. The van der Waals surface area contributed by atoms with E-state index in [1.54, 1.807) is 7.11 Å². The van der Waals surface area contributed by atoms with Gasteiger partial charge in [0.1, 0.15) is 5.75 Å². The van der Waals surface area contributed by atoms with Crippen LogP contribution in [0.25, 0.3) is 0 Å². The third kappa shape index (κ3) is 1.83. The van der Waals surface area contributed by atoms with Gasteiger partial charge in [-0.05, 0) is 31.0 Å². The second kappa shape index (κ2) is 3.68. The van der Waals surface area contributed by atoms with Gasteiger partial charge in [-0.3, -0.25) is 0 Å². The molecule has 0 bridgehead atoms. The summed E-state index contributed by atoms with van der Waals surface area (Å²) in [5.41, 5.74) is 2.20. The largest absolute Gasteiger partial charge is 0.496 e. The molecule has 12 heavy (non-hydrogen) atoms. The van der Waals surface area contributed by atoms with Crippen molar-refractivity contribution in [3.63, 3.8) is 0 Å². The maximum atomic E-state index is 5.18. The molecule has 0 aromatic heterocycles. The van der Waals surface area contributed by atoms with Gasteiger partial charge in [0.2, 0.25) is 0 Å². The molecule has 0 aliphatic carbocycles. The highest BCUT2D eigenvalue weighted by molar-refractivity contribution is 7.80. The summed E-state index contributed by atoms with van der Waals surface area (Å²) in [7, 11) is 1.67. The van der Waals surface area contributed by atoms with Crippen LogP contribution in [-0.4, -0.2) is 12.0 Å². The second-order valence-corrected chi connectivity index (χ2v) is 3.35. The Kier molecular flexibility index (Phi) is 2.82. The molecule has 1 aromatic carbocycles. The Hall–Kier alpha value is -0.890. The van der Waals surface area contributed by atoms with Crippen molar-refractivity contribution in [2.75, 3.05) is 7.11 Å². The highest BCUT2D eigenvalue weighted by Gasteiger charge is 2.00. The zero-order chi connectivity index (χ0) is 9.14. The van der Waals surface area contributed by atoms with Crippen molar-refractivity contribution in [1.82, 2.24) is 0 Å². The van der Waals surface area contributed by atoms with E-state index in [-0.39, 0.29) is 0 Å². The van der Waals surface area contributed by atoms with E-state index in [2.05, 4.69) is 0 Å². The van der Waals surface area contributed by atoms with E-state index in [1.165, 1.54) is 0 Å². The minimum atomic E-state index is 0.897. The first kappa shape index (κ1) is 9.20. The van der Waals surface area contributed by atoms with Gasteiger partial charge in [0.25, 0.3) is 0 Å². The van der Waals surface area contributed by atoms with E-state index in [4.69, 9.17) is 17.0 Å². The quantitative estimate of drug-likeness (QED) is 0.511. The molecule has 0 amide bonds. The van der Waals surface area contributed by atoms with E-state index >= 15 is 0 Å². The predicted octanol–water partition coefficient (Wildman–Crippen LogP) is 2.74. The Morgan fingerprint density at radius 2 is 2.08 bits per heavy atom. The number of rotatable bonds is 2. The lowest BCUT2D eigenvalue weighted by molar-refractivity contribution is 0.411. The zero-order valence-corrected chi connectivity index (χ0v) is 8.37. The van der Waals surface area contributed by atoms with Gasteiger partial charge in [0.05, 0.1) is 7.11 Å². The van der Waals surface area contributed by atoms with Crippen molar-refractivity contribution >= 4 is 17.1 Å². The van der Waals surface area contributed by atoms with Crippen LogP contribution in [0, 0.1) is 6.92 Å². The van der Waals surface area contributed by atoms with E-state index in [0.29, 0.717) is 0 Å². The van der Waals surface area contributed by atoms with Crippen LogP contribution in [0.1, 0.15) is 18.1 Å². The number of aryl methyl sites for hydroxylation is 1. The molecule has 2 heteroatoms. The first-order chi connectivity index (χ1) is 5.65. The summed E-state index contributed by atoms with van der Waals surface area (Å²) in [6.45, 7) is 3.93. The molecule has 0 saturated carbocycles. The number of benzene rings is 1. The van der Waals surface area contributed by atoms with Crippen molar-refractivity contribution in [3.05, 3.63) is 29.3 Å². The number of ether oxygens (including phenoxy) is 1. The monoisotopic (exact) mass is 180 g/mol. The summed E-state index contributed by atoms with van der Waals surface area (Å²) >= 11 is 5.06. The minimum Gasteiger partial charge on any atom is -0.496 e. The van der Waals surface area contributed by atoms with E-state index < -0.39 is 0 Å². The Bertz CT molecular complexity index is 305.